The number of aliphatic carboxylic acids is 1. The molecule has 6 rings (SSSR count). The fourth-order valence-corrected chi connectivity index (χ4v) is 6.38. The van der Waals surface area contributed by atoms with Crippen LogP contribution in [0, 0.1) is 19.8 Å². The fourth-order valence-electron chi connectivity index (χ4n) is 6.38. The van der Waals surface area contributed by atoms with Gasteiger partial charge in [0.25, 0.3) is 0 Å². The first-order chi connectivity index (χ1) is 19.4. The second kappa shape index (κ2) is 11.2. The number of carboxylic acid groups (broad SMARTS) is 1. The lowest BCUT2D eigenvalue weighted by molar-refractivity contribution is -0.142. The molecule has 2 atom stereocenters. The van der Waals surface area contributed by atoms with Gasteiger partial charge in [-0.1, -0.05) is 30.3 Å². The number of aromatic nitrogens is 1. The van der Waals surface area contributed by atoms with E-state index in [9.17, 15) is 15.0 Å². The van der Waals surface area contributed by atoms with Crippen molar-refractivity contribution < 1.29 is 24.5 Å². The Hall–Kier alpha value is -3.46. The summed E-state index contributed by atoms with van der Waals surface area (Å²) in [5.74, 6) is -0.0266. The van der Waals surface area contributed by atoms with Gasteiger partial charge in [0.2, 0.25) is 0 Å². The van der Waals surface area contributed by atoms with Crippen molar-refractivity contribution in [2.45, 2.75) is 51.9 Å². The van der Waals surface area contributed by atoms with Gasteiger partial charge in [-0.15, -0.1) is 0 Å². The van der Waals surface area contributed by atoms with Crippen molar-refractivity contribution in [2.75, 3.05) is 37.8 Å². The minimum atomic E-state index is -0.880. The van der Waals surface area contributed by atoms with E-state index < -0.39 is 17.9 Å². The molecule has 3 aliphatic heterocycles. The van der Waals surface area contributed by atoms with E-state index in [0.29, 0.717) is 31.4 Å². The van der Waals surface area contributed by atoms with Crippen LogP contribution in [-0.4, -0.2) is 71.1 Å². The largest absolute Gasteiger partial charge is 0.488 e. The summed E-state index contributed by atoms with van der Waals surface area (Å²) in [5, 5.41) is 19.5. The van der Waals surface area contributed by atoms with Crippen LogP contribution < -0.4 is 9.64 Å². The summed E-state index contributed by atoms with van der Waals surface area (Å²) >= 11 is 0. The van der Waals surface area contributed by atoms with Gasteiger partial charge in [-0.2, -0.15) is 0 Å². The van der Waals surface area contributed by atoms with Crippen LogP contribution in [0.5, 0.6) is 5.75 Å². The predicted octanol–water partition coefficient (Wildman–Crippen LogP) is 3.97. The molecule has 0 radical (unpaired) electrons. The molecule has 3 aromatic rings. The first-order valence-electron chi connectivity index (χ1n) is 14.2. The van der Waals surface area contributed by atoms with Gasteiger partial charge in [0, 0.05) is 25.2 Å². The normalized spacial score (nSPS) is 21.2. The molecule has 0 saturated carbocycles. The number of carboxylic acids is 1. The molecule has 2 N–H and O–H groups in total. The highest BCUT2D eigenvalue weighted by molar-refractivity contribution is 5.74. The number of aryl methyl sites for hydroxylation is 2. The minimum absolute atomic E-state index is 0.227. The number of benzene rings is 2. The lowest BCUT2D eigenvalue weighted by atomic mass is 9.92. The molecule has 8 heteroatoms. The molecule has 0 spiro atoms. The highest BCUT2D eigenvalue weighted by Gasteiger charge is 2.39. The molecule has 0 aliphatic carbocycles. The van der Waals surface area contributed by atoms with Crippen LogP contribution in [0.4, 0.5) is 5.82 Å². The van der Waals surface area contributed by atoms with Gasteiger partial charge in [0.15, 0.2) is 0 Å². The Balaban J connectivity index is 1.22. The highest BCUT2D eigenvalue weighted by atomic mass is 16.5. The van der Waals surface area contributed by atoms with Gasteiger partial charge in [-0.05, 0) is 72.7 Å². The van der Waals surface area contributed by atoms with E-state index in [4.69, 9.17) is 14.5 Å². The third kappa shape index (κ3) is 5.07. The topological polar surface area (TPSA) is 95.4 Å². The number of para-hydroxylation sites is 1. The minimum Gasteiger partial charge on any atom is -0.488 e. The van der Waals surface area contributed by atoms with Crippen LogP contribution in [0.3, 0.4) is 0 Å². The average Bonchev–Trinajstić information content (AvgIpc) is 3.36. The molecule has 1 aromatic heterocycles. The Morgan fingerprint density at radius 1 is 1.10 bits per heavy atom. The highest BCUT2D eigenvalue weighted by Crippen LogP contribution is 2.36. The van der Waals surface area contributed by atoms with Crippen molar-refractivity contribution in [3.05, 3.63) is 76.3 Å². The van der Waals surface area contributed by atoms with E-state index in [1.807, 2.05) is 48.2 Å². The number of rotatable bonds is 8. The molecule has 4 heterocycles. The number of nitrogens with zero attached hydrogens (tertiary/aromatic N) is 3. The van der Waals surface area contributed by atoms with Gasteiger partial charge in [-0.25, -0.2) is 4.98 Å². The number of aliphatic hydroxyl groups excluding tert-OH is 1. The SMILES string of the molecule is Cc1cc(COc2c(C)cccc2-c2cccc(N3CCC(C(=O)O)C3CO)n2)cc2c1CN(C1COC1)CC2. The van der Waals surface area contributed by atoms with Crippen molar-refractivity contribution in [2.24, 2.45) is 5.92 Å². The van der Waals surface area contributed by atoms with Crippen LogP contribution in [-0.2, 0) is 29.1 Å². The van der Waals surface area contributed by atoms with E-state index in [0.717, 1.165) is 60.9 Å². The van der Waals surface area contributed by atoms with E-state index in [1.165, 1.54) is 16.7 Å². The Morgan fingerprint density at radius 2 is 1.93 bits per heavy atom. The van der Waals surface area contributed by atoms with E-state index in [2.05, 4.69) is 24.0 Å². The zero-order valence-electron chi connectivity index (χ0n) is 23.2. The van der Waals surface area contributed by atoms with Crippen LogP contribution >= 0.6 is 0 Å². The van der Waals surface area contributed by atoms with Gasteiger partial charge in [0.05, 0.1) is 43.5 Å². The van der Waals surface area contributed by atoms with Gasteiger partial charge >= 0.3 is 5.97 Å². The third-order valence-electron chi connectivity index (χ3n) is 8.74. The Bertz CT molecular complexity index is 1410. The quantitative estimate of drug-likeness (QED) is 0.441. The number of fused-ring (bicyclic) bond motifs is 1. The maximum absolute atomic E-state index is 11.7. The molecule has 2 saturated heterocycles. The average molecular weight is 544 g/mol. The number of anilines is 1. The van der Waals surface area contributed by atoms with Crippen molar-refractivity contribution in [1.29, 1.82) is 0 Å². The summed E-state index contributed by atoms with van der Waals surface area (Å²) in [6, 6.07) is 16.4. The van der Waals surface area contributed by atoms with Crippen LogP contribution in [0.15, 0.2) is 48.5 Å². The lowest BCUT2D eigenvalue weighted by Gasteiger charge is -2.40. The van der Waals surface area contributed by atoms with Crippen molar-refractivity contribution in [1.82, 2.24) is 9.88 Å². The Labute approximate surface area is 235 Å². The second-order valence-electron chi connectivity index (χ2n) is 11.3. The first-order valence-corrected chi connectivity index (χ1v) is 14.2. The molecule has 40 heavy (non-hydrogen) atoms. The summed E-state index contributed by atoms with van der Waals surface area (Å²) in [5.41, 5.74) is 8.00. The number of hydrogen-bond acceptors (Lipinski definition) is 7. The molecule has 210 valence electrons. The van der Waals surface area contributed by atoms with Gasteiger partial charge in [-0.3, -0.25) is 9.69 Å². The molecule has 2 aromatic carbocycles. The van der Waals surface area contributed by atoms with Crippen LogP contribution in [0.25, 0.3) is 11.3 Å². The molecular formula is C32H37N3O5. The molecule has 3 aliphatic rings. The summed E-state index contributed by atoms with van der Waals surface area (Å²) in [7, 11) is 0. The Morgan fingerprint density at radius 3 is 2.67 bits per heavy atom. The summed E-state index contributed by atoms with van der Waals surface area (Å²) in [4.78, 5) is 21.0. The molecule has 0 amide bonds. The van der Waals surface area contributed by atoms with Gasteiger partial charge in [0.1, 0.15) is 18.2 Å². The standard InChI is InChI=1S/C32H37N3O5/c1-20-5-3-6-25(28-7-4-8-30(33-28)35-12-10-26(32(37)38)29(35)16-36)31(20)40-17-22-13-21(2)27-15-34(24-18-39-19-24)11-9-23(27)14-22/h3-8,13-14,24,26,29,36H,9-12,15-19H2,1-2H3,(H,37,38). The van der Waals surface area contributed by atoms with Crippen molar-refractivity contribution >= 4 is 11.8 Å². The van der Waals surface area contributed by atoms with Crippen molar-refractivity contribution in [3.8, 4) is 17.0 Å². The molecule has 8 nitrogen and oxygen atoms in total. The fraction of sp³-hybridized carbons (Fsp3) is 0.438. The maximum atomic E-state index is 11.7. The van der Waals surface area contributed by atoms with Gasteiger partial charge < -0.3 is 24.6 Å². The van der Waals surface area contributed by atoms with Crippen LogP contribution in [0.2, 0.25) is 0 Å². The maximum Gasteiger partial charge on any atom is 0.308 e. The third-order valence-corrected chi connectivity index (χ3v) is 8.74. The number of ether oxygens (including phenoxy) is 2. The molecule has 2 fully saturated rings. The van der Waals surface area contributed by atoms with E-state index >= 15 is 0 Å². The van der Waals surface area contributed by atoms with E-state index in [1.54, 1.807) is 0 Å². The zero-order chi connectivity index (χ0) is 27.8. The smallest absolute Gasteiger partial charge is 0.308 e. The summed E-state index contributed by atoms with van der Waals surface area (Å²) in [6.07, 6.45) is 1.53. The number of hydrogen-bond donors (Lipinski definition) is 2. The monoisotopic (exact) mass is 543 g/mol. The van der Waals surface area contributed by atoms with Crippen molar-refractivity contribution in [3.63, 3.8) is 0 Å². The van der Waals surface area contributed by atoms with E-state index in [-0.39, 0.29) is 6.61 Å². The number of aliphatic hydroxyl groups is 1. The molecule has 0 bridgehead atoms. The van der Waals surface area contributed by atoms with Crippen LogP contribution in [0.1, 0.15) is 34.2 Å². The molecular weight excluding hydrogens is 506 g/mol. The zero-order valence-corrected chi connectivity index (χ0v) is 23.2. The lowest BCUT2D eigenvalue weighted by Crippen LogP contribution is -2.50. The summed E-state index contributed by atoms with van der Waals surface area (Å²) < 4.78 is 11.9. The number of carbonyl (C=O) groups is 1. The first kappa shape index (κ1) is 26.7. The Kier molecular flexibility index (Phi) is 7.49. The predicted molar refractivity (Wildman–Crippen MR) is 153 cm³/mol. The summed E-state index contributed by atoms with van der Waals surface area (Å²) in [6.45, 7) is 8.76. The second-order valence-corrected chi connectivity index (χ2v) is 11.3. The molecule has 2 unspecified atom stereocenters. The number of pyridine rings is 1.